The minimum atomic E-state index is -0.245. The fourth-order valence-electron chi connectivity index (χ4n) is 3.45. The van der Waals surface area contributed by atoms with Gasteiger partial charge in [0, 0.05) is 7.05 Å². The molecule has 0 atom stereocenters. The van der Waals surface area contributed by atoms with Crippen LogP contribution in [0.15, 0.2) is 24.5 Å². The van der Waals surface area contributed by atoms with Crippen LogP contribution in [0.25, 0.3) is 11.0 Å². The Morgan fingerprint density at radius 3 is 2.15 bits per heavy atom. The molecule has 0 amide bonds. The summed E-state index contributed by atoms with van der Waals surface area (Å²) in [5.41, 5.74) is 2.44. The maximum Gasteiger partial charge on any atom is 0.338 e. The van der Waals surface area contributed by atoms with E-state index < -0.39 is 0 Å². The van der Waals surface area contributed by atoms with Crippen LogP contribution in [-0.2, 0) is 11.8 Å². The number of rotatable bonds is 14. The number of fused-ring (bicyclic) bond motifs is 1. The fraction of sp³-hybridized carbons (Fsp3) is 0.652. The van der Waals surface area contributed by atoms with Gasteiger partial charge in [-0.15, -0.1) is 0 Å². The van der Waals surface area contributed by atoms with Gasteiger partial charge in [-0.3, -0.25) is 0 Å². The van der Waals surface area contributed by atoms with Gasteiger partial charge in [-0.1, -0.05) is 77.6 Å². The number of esters is 1. The summed E-state index contributed by atoms with van der Waals surface area (Å²) in [6.45, 7) is 2.78. The molecule has 0 aliphatic carbocycles. The number of hydrogen-bond acceptors (Lipinski definition) is 3. The second kappa shape index (κ2) is 12.5. The number of carbonyl (C=O) groups excluding carboxylic acids is 1. The summed E-state index contributed by atoms with van der Waals surface area (Å²) in [6, 6.07) is 5.54. The standard InChI is InChI=1S/C23H36N2O2/c1-3-4-5-6-7-8-9-10-11-12-13-14-17-27-23(26)20-15-16-22-21(18-20)24-19-25(22)2/h15-16,18-19H,3-14,17H2,1-2H3. The molecule has 2 aromatic rings. The SMILES string of the molecule is CCCCCCCCCCCCCCOC(=O)c1ccc2c(c1)ncn2C. The second-order valence-electron chi connectivity index (χ2n) is 7.58. The predicted molar refractivity (Wildman–Crippen MR) is 112 cm³/mol. The van der Waals surface area contributed by atoms with Crippen molar-refractivity contribution < 1.29 is 9.53 Å². The number of aryl methyl sites for hydroxylation is 1. The minimum absolute atomic E-state index is 0.245. The average molecular weight is 373 g/mol. The third-order valence-corrected chi connectivity index (χ3v) is 5.19. The van der Waals surface area contributed by atoms with Gasteiger partial charge in [-0.2, -0.15) is 0 Å². The zero-order valence-corrected chi connectivity index (χ0v) is 17.2. The van der Waals surface area contributed by atoms with Crippen molar-refractivity contribution in [1.29, 1.82) is 0 Å². The smallest absolute Gasteiger partial charge is 0.338 e. The highest BCUT2D eigenvalue weighted by Gasteiger charge is 2.09. The molecule has 0 aliphatic heterocycles. The maximum absolute atomic E-state index is 12.1. The van der Waals surface area contributed by atoms with E-state index in [0.29, 0.717) is 12.2 Å². The first-order chi connectivity index (χ1) is 13.2. The van der Waals surface area contributed by atoms with Gasteiger partial charge in [0.2, 0.25) is 0 Å². The zero-order chi connectivity index (χ0) is 19.3. The number of unbranched alkanes of at least 4 members (excludes halogenated alkanes) is 11. The first-order valence-electron chi connectivity index (χ1n) is 10.8. The molecule has 0 bridgehead atoms. The number of aromatic nitrogens is 2. The van der Waals surface area contributed by atoms with Crippen molar-refractivity contribution in [3.8, 4) is 0 Å². The van der Waals surface area contributed by atoms with E-state index in [0.717, 1.165) is 23.9 Å². The molecule has 1 aromatic heterocycles. The second-order valence-corrected chi connectivity index (χ2v) is 7.58. The predicted octanol–water partition coefficient (Wildman–Crippen LogP) is 6.43. The quantitative estimate of drug-likeness (QED) is 0.283. The molecular weight excluding hydrogens is 336 g/mol. The van der Waals surface area contributed by atoms with Crippen LogP contribution in [0.5, 0.6) is 0 Å². The Bertz CT molecular complexity index is 678. The molecule has 0 spiro atoms. The van der Waals surface area contributed by atoms with Crippen molar-refractivity contribution in [3.05, 3.63) is 30.1 Å². The van der Waals surface area contributed by atoms with E-state index in [1.807, 2.05) is 23.7 Å². The summed E-state index contributed by atoms with van der Waals surface area (Å²) >= 11 is 0. The molecule has 0 unspecified atom stereocenters. The molecule has 27 heavy (non-hydrogen) atoms. The van der Waals surface area contributed by atoms with E-state index in [9.17, 15) is 4.79 Å². The van der Waals surface area contributed by atoms with Crippen LogP contribution < -0.4 is 0 Å². The van der Waals surface area contributed by atoms with Gasteiger partial charge in [-0.05, 0) is 24.6 Å². The van der Waals surface area contributed by atoms with Crippen molar-refractivity contribution in [2.24, 2.45) is 7.05 Å². The highest BCUT2D eigenvalue weighted by Crippen LogP contribution is 2.15. The van der Waals surface area contributed by atoms with Crippen LogP contribution in [-0.4, -0.2) is 22.1 Å². The van der Waals surface area contributed by atoms with Crippen LogP contribution in [0, 0.1) is 0 Å². The lowest BCUT2D eigenvalue weighted by molar-refractivity contribution is 0.0498. The zero-order valence-electron chi connectivity index (χ0n) is 17.2. The molecule has 0 radical (unpaired) electrons. The fourth-order valence-corrected chi connectivity index (χ4v) is 3.45. The number of benzene rings is 1. The monoisotopic (exact) mass is 372 g/mol. The van der Waals surface area contributed by atoms with Gasteiger partial charge in [0.05, 0.1) is 29.5 Å². The Morgan fingerprint density at radius 2 is 1.52 bits per heavy atom. The van der Waals surface area contributed by atoms with Crippen molar-refractivity contribution in [3.63, 3.8) is 0 Å². The van der Waals surface area contributed by atoms with Crippen LogP contribution >= 0.6 is 0 Å². The summed E-state index contributed by atoms with van der Waals surface area (Å²) in [4.78, 5) is 16.4. The average Bonchev–Trinajstić information content (AvgIpc) is 3.05. The Hall–Kier alpha value is -1.84. The minimum Gasteiger partial charge on any atom is -0.462 e. The molecule has 0 saturated carbocycles. The normalized spacial score (nSPS) is 11.2. The van der Waals surface area contributed by atoms with E-state index in [2.05, 4.69) is 11.9 Å². The molecule has 1 heterocycles. The summed E-state index contributed by atoms with van der Waals surface area (Å²) in [7, 11) is 1.95. The molecule has 0 aliphatic rings. The van der Waals surface area contributed by atoms with Crippen molar-refractivity contribution in [2.75, 3.05) is 6.61 Å². The highest BCUT2D eigenvalue weighted by molar-refractivity contribution is 5.93. The Labute approximate surface area is 164 Å². The molecule has 2 rings (SSSR count). The van der Waals surface area contributed by atoms with Crippen molar-refractivity contribution in [1.82, 2.24) is 9.55 Å². The highest BCUT2D eigenvalue weighted by atomic mass is 16.5. The van der Waals surface area contributed by atoms with Crippen LogP contribution in [0.4, 0.5) is 0 Å². The Morgan fingerprint density at radius 1 is 0.926 bits per heavy atom. The molecule has 4 nitrogen and oxygen atoms in total. The van der Waals surface area contributed by atoms with E-state index in [1.54, 1.807) is 12.4 Å². The third kappa shape index (κ3) is 7.74. The summed E-state index contributed by atoms with van der Waals surface area (Å²) < 4.78 is 7.34. The third-order valence-electron chi connectivity index (χ3n) is 5.19. The summed E-state index contributed by atoms with van der Waals surface area (Å²) in [6.07, 6.45) is 17.4. The first-order valence-corrected chi connectivity index (χ1v) is 10.8. The molecule has 4 heteroatoms. The van der Waals surface area contributed by atoms with Gasteiger partial charge in [-0.25, -0.2) is 9.78 Å². The molecule has 150 valence electrons. The molecule has 0 N–H and O–H groups in total. The lowest BCUT2D eigenvalue weighted by Crippen LogP contribution is -2.06. The number of imidazole rings is 1. The number of hydrogen-bond donors (Lipinski definition) is 0. The summed E-state index contributed by atoms with van der Waals surface area (Å²) in [5.74, 6) is -0.245. The topological polar surface area (TPSA) is 44.1 Å². The van der Waals surface area contributed by atoms with Gasteiger partial charge in [0.15, 0.2) is 0 Å². The van der Waals surface area contributed by atoms with Crippen molar-refractivity contribution >= 4 is 17.0 Å². The van der Waals surface area contributed by atoms with Gasteiger partial charge < -0.3 is 9.30 Å². The van der Waals surface area contributed by atoms with Crippen LogP contribution in [0.3, 0.4) is 0 Å². The number of ether oxygens (including phenoxy) is 1. The van der Waals surface area contributed by atoms with Gasteiger partial charge in [0.25, 0.3) is 0 Å². The lowest BCUT2D eigenvalue weighted by Gasteiger charge is -2.05. The summed E-state index contributed by atoms with van der Waals surface area (Å²) in [5, 5.41) is 0. The van der Waals surface area contributed by atoms with E-state index >= 15 is 0 Å². The molecule has 0 fully saturated rings. The first kappa shape index (κ1) is 21.5. The van der Waals surface area contributed by atoms with Crippen LogP contribution in [0.2, 0.25) is 0 Å². The Kier molecular flexibility index (Phi) is 9.96. The van der Waals surface area contributed by atoms with Crippen molar-refractivity contribution in [2.45, 2.75) is 84.0 Å². The molecule has 1 aromatic carbocycles. The van der Waals surface area contributed by atoms with Gasteiger partial charge in [0.1, 0.15) is 0 Å². The number of carbonyl (C=O) groups is 1. The maximum atomic E-state index is 12.1. The van der Waals surface area contributed by atoms with E-state index in [-0.39, 0.29) is 5.97 Å². The molecular formula is C23H36N2O2. The lowest BCUT2D eigenvalue weighted by atomic mass is 10.1. The Balaban J connectivity index is 1.47. The molecule has 0 saturated heterocycles. The van der Waals surface area contributed by atoms with Crippen LogP contribution in [0.1, 0.15) is 94.3 Å². The van der Waals surface area contributed by atoms with E-state index in [1.165, 1.54) is 64.2 Å². The van der Waals surface area contributed by atoms with E-state index in [4.69, 9.17) is 4.74 Å². The number of nitrogens with zero attached hydrogens (tertiary/aromatic N) is 2. The largest absolute Gasteiger partial charge is 0.462 e. The van der Waals surface area contributed by atoms with Gasteiger partial charge >= 0.3 is 5.97 Å².